The Morgan fingerprint density at radius 3 is 2.47 bits per heavy atom. The summed E-state index contributed by atoms with van der Waals surface area (Å²) in [5.74, 6) is 0.452. The normalized spacial score (nSPS) is 24.2. The van der Waals surface area contributed by atoms with Crippen LogP contribution < -0.4 is 10.2 Å². The number of benzene rings is 1. The highest BCUT2D eigenvalue weighted by Crippen LogP contribution is 2.72. The highest BCUT2D eigenvalue weighted by molar-refractivity contribution is 7.22. The summed E-state index contributed by atoms with van der Waals surface area (Å²) in [4.78, 5) is 29.5. The highest BCUT2D eigenvalue weighted by atomic mass is 32.1. The second-order valence-electron chi connectivity index (χ2n) is 18.7. The third-order valence-electron chi connectivity index (χ3n) is 12.8. The molecule has 2 atom stereocenters. The molecule has 316 valence electrons. The Hall–Kier alpha value is -5.15. The van der Waals surface area contributed by atoms with Crippen molar-refractivity contribution in [1.82, 2.24) is 34.8 Å². The maximum atomic E-state index is 13.0. The zero-order valence-corrected chi connectivity index (χ0v) is 36.4. The van der Waals surface area contributed by atoms with Gasteiger partial charge in [0.1, 0.15) is 5.82 Å². The molecule has 0 radical (unpaired) electrons. The number of aryl methyl sites for hydroxylation is 1. The van der Waals surface area contributed by atoms with Crippen LogP contribution in [0.1, 0.15) is 93.4 Å². The fraction of sp³-hybridized carbons (Fsp3) is 0.545. The fourth-order valence-corrected chi connectivity index (χ4v) is 12.4. The van der Waals surface area contributed by atoms with Crippen LogP contribution in [-0.2, 0) is 11.3 Å². The molecule has 0 spiro atoms. The van der Waals surface area contributed by atoms with E-state index in [1.54, 1.807) is 17.5 Å². The number of carboxylic acid groups (broad SMARTS) is 1. The molecule has 5 aromatic rings. The van der Waals surface area contributed by atoms with E-state index in [4.69, 9.17) is 20.4 Å². The van der Waals surface area contributed by atoms with E-state index >= 15 is 0 Å². The molecule has 60 heavy (non-hydrogen) atoms. The minimum atomic E-state index is -1.12. The molecule has 1 aromatic carbocycles. The van der Waals surface area contributed by atoms with Crippen LogP contribution in [0.3, 0.4) is 0 Å². The minimum Gasteiger partial charge on any atom is -0.476 e. The number of hydrogen-bond donors (Lipinski definition) is 2. The number of aromatic carboxylic acids is 1. The zero-order chi connectivity index (χ0) is 42.3. The summed E-state index contributed by atoms with van der Waals surface area (Å²) in [7, 11) is 4.19. The van der Waals surface area contributed by atoms with Gasteiger partial charge in [0, 0.05) is 47.9 Å². The SMILES string of the molecule is Cc1cc(N(CCCCCN=[N+]=[N-])c2ccc(-c3cnn(CC45CC6(C)CC(C)(C4)CC(OCCN(C)C)(C6)C5)c3C)c(C(=O)O)n2)nnc1Nc1nc2ccccc2s1. The van der Waals surface area contributed by atoms with E-state index < -0.39 is 5.97 Å². The van der Waals surface area contributed by atoms with Gasteiger partial charge in [0.15, 0.2) is 22.5 Å². The van der Waals surface area contributed by atoms with Crippen LogP contribution >= 0.6 is 11.3 Å². The van der Waals surface area contributed by atoms with Gasteiger partial charge in [0.05, 0.1) is 28.6 Å². The van der Waals surface area contributed by atoms with Gasteiger partial charge in [0.2, 0.25) is 0 Å². The van der Waals surface area contributed by atoms with Gasteiger partial charge in [-0.2, -0.15) is 5.10 Å². The third kappa shape index (κ3) is 8.56. The van der Waals surface area contributed by atoms with E-state index in [0.29, 0.717) is 36.1 Å². The Bertz CT molecular complexity index is 2390. The number of fused-ring (bicyclic) bond motifs is 1. The van der Waals surface area contributed by atoms with Gasteiger partial charge in [0.25, 0.3) is 0 Å². The van der Waals surface area contributed by atoms with Crippen molar-refractivity contribution in [1.29, 1.82) is 0 Å². The molecule has 4 heterocycles. The van der Waals surface area contributed by atoms with Crippen LogP contribution in [0.5, 0.6) is 0 Å². The number of rotatable bonds is 18. The van der Waals surface area contributed by atoms with Crippen molar-refractivity contribution in [3.05, 3.63) is 76.1 Å². The monoisotopic (exact) mass is 832 g/mol. The second-order valence-corrected chi connectivity index (χ2v) is 19.7. The number of likely N-dealkylation sites (N-methyl/N-ethyl adjacent to an activating group) is 1. The number of ether oxygens (including phenoxy) is 1. The van der Waals surface area contributed by atoms with Gasteiger partial charge >= 0.3 is 5.97 Å². The lowest BCUT2D eigenvalue weighted by Crippen LogP contribution is -2.64. The number of azide groups is 1. The molecule has 4 saturated carbocycles. The Balaban J connectivity index is 1.07. The van der Waals surface area contributed by atoms with Crippen LogP contribution in [0.25, 0.3) is 31.8 Å². The van der Waals surface area contributed by atoms with Gasteiger partial charge in [-0.3, -0.25) is 4.68 Å². The molecule has 4 aliphatic rings. The lowest BCUT2D eigenvalue weighted by atomic mass is 9.39. The number of unbranched alkanes of at least 4 members (excludes halogenated alkanes) is 2. The maximum absolute atomic E-state index is 13.0. The Labute approximate surface area is 355 Å². The number of carboxylic acids is 1. The van der Waals surface area contributed by atoms with E-state index in [-0.39, 0.29) is 27.5 Å². The molecule has 2 unspecified atom stereocenters. The zero-order valence-electron chi connectivity index (χ0n) is 35.6. The smallest absolute Gasteiger partial charge is 0.355 e. The first-order valence-electron chi connectivity index (χ1n) is 21.0. The molecule has 9 rings (SSSR count). The van der Waals surface area contributed by atoms with Crippen molar-refractivity contribution in [3.63, 3.8) is 0 Å². The van der Waals surface area contributed by atoms with Crippen LogP contribution in [0.4, 0.5) is 22.6 Å². The first kappa shape index (κ1) is 41.6. The molecule has 15 nitrogen and oxygen atoms in total. The standard InChI is InChI=1S/C44H56N12O3S/c1-29-20-36(51-52-38(29)50-40-48-33-12-8-9-13-34(33)60-40)55(17-11-7-10-16-46-53-45)35-15-14-31(37(49-35)39(57)58)32-21-47-56(30(32)2)28-43-23-41(3)22-42(4,24-43)26-44(25-41,27-43)59-19-18-54(5)6/h8-9,12-15,20-21H,7,10-11,16-19,22-28H2,1-6H3,(H,57,58)(H,48,50,52). The summed E-state index contributed by atoms with van der Waals surface area (Å²) >= 11 is 1.54. The lowest BCUT2D eigenvalue weighted by Gasteiger charge is -2.69. The van der Waals surface area contributed by atoms with Crippen molar-refractivity contribution in [3.8, 4) is 11.1 Å². The number of thiazole rings is 1. The summed E-state index contributed by atoms with van der Waals surface area (Å²) in [5, 5.41) is 32.5. The van der Waals surface area contributed by atoms with Gasteiger partial charge < -0.3 is 25.0 Å². The molecule has 0 saturated heterocycles. The average Bonchev–Trinajstić information content (AvgIpc) is 3.75. The number of aromatic nitrogens is 6. The van der Waals surface area contributed by atoms with Crippen molar-refractivity contribution < 1.29 is 14.6 Å². The van der Waals surface area contributed by atoms with E-state index in [0.717, 1.165) is 103 Å². The number of para-hydroxylation sites is 1. The van der Waals surface area contributed by atoms with Crippen molar-refractivity contribution >= 4 is 50.1 Å². The topological polar surface area (TPSA) is 183 Å². The van der Waals surface area contributed by atoms with Crippen molar-refractivity contribution in [2.75, 3.05) is 50.6 Å². The van der Waals surface area contributed by atoms with E-state index in [2.05, 4.69) is 68.0 Å². The van der Waals surface area contributed by atoms with E-state index in [9.17, 15) is 9.90 Å². The molecule has 2 N–H and O–H groups in total. The Morgan fingerprint density at radius 2 is 1.75 bits per heavy atom. The molecular weight excluding hydrogens is 777 g/mol. The average molecular weight is 833 g/mol. The Morgan fingerprint density at radius 1 is 0.967 bits per heavy atom. The summed E-state index contributed by atoms with van der Waals surface area (Å²) in [6.07, 6.45) is 10.8. The van der Waals surface area contributed by atoms with Crippen LogP contribution in [0, 0.1) is 30.1 Å². The molecular formula is C44H56N12O3S. The lowest BCUT2D eigenvalue weighted by molar-refractivity contribution is -0.248. The second kappa shape index (κ2) is 16.4. The van der Waals surface area contributed by atoms with Crippen LogP contribution in [0.15, 0.2) is 53.8 Å². The maximum Gasteiger partial charge on any atom is 0.355 e. The van der Waals surface area contributed by atoms with Crippen LogP contribution in [-0.4, -0.2) is 91.9 Å². The predicted octanol–water partition coefficient (Wildman–Crippen LogP) is 9.72. The van der Waals surface area contributed by atoms with Gasteiger partial charge in [-0.1, -0.05) is 48.9 Å². The molecule has 0 amide bonds. The molecule has 4 bridgehead atoms. The predicted molar refractivity (Wildman–Crippen MR) is 235 cm³/mol. The molecule has 16 heteroatoms. The molecule has 4 aromatic heterocycles. The number of carbonyl (C=O) groups is 1. The largest absolute Gasteiger partial charge is 0.476 e. The number of hydrogen-bond acceptors (Lipinski definition) is 12. The summed E-state index contributed by atoms with van der Waals surface area (Å²) < 4.78 is 10.0. The van der Waals surface area contributed by atoms with Gasteiger partial charge in [-0.15, -0.1) is 10.2 Å². The van der Waals surface area contributed by atoms with Crippen LogP contribution in [0.2, 0.25) is 0 Å². The van der Waals surface area contributed by atoms with Crippen molar-refractivity contribution in [2.24, 2.45) is 21.4 Å². The first-order valence-corrected chi connectivity index (χ1v) is 21.8. The minimum absolute atomic E-state index is 0.0439. The molecule has 4 aliphatic carbocycles. The number of nitrogens with zero attached hydrogens (tertiary/aromatic N) is 11. The summed E-state index contributed by atoms with van der Waals surface area (Å²) in [6.45, 7) is 12.2. The molecule has 0 aliphatic heterocycles. The molecule has 4 fully saturated rings. The van der Waals surface area contributed by atoms with Gasteiger partial charge in [-0.05, 0) is 137 Å². The van der Waals surface area contributed by atoms with E-state index in [1.165, 1.54) is 6.42 Å². The number of nitrogens with one attached hydrogen (secondary N) is 1. The van der Waals surface area contributed by atoms with E-state index in [1.807, 2.05) is 61.2 Å². The fourth-order valence-electron chi connectivity index (χ4n) is 11.5. The number of anilines is 4. The van der Waals surface area contributed by atoms with Gasteiger partial charge in [-0.25, -0.2) is 14.8 Å². The quantitative estimate of drug-likeness (QED) is 0.0371. The van der Waals surface area contributed by atoms with Crippen molar-refractivity contribution in [2.45, 2.75) is 97.6 Å². The third-order valence-corrected chi connectivity index (χ3v) is 13.8. The summed E-state index contributed by atoms with van der Waals surface area (Å²) in [5.41, 5.74) is 13.0. The summed E-state index contributed by atoms with van der Waals surface area (Å²) in [6, 6.07) is 13.6. The first-order chi connectivity index (χ1) is 28.7. The Kier molecular flexibility index (Phi) is 11.3. The number of pyridine rings is 1. The highest BCUT2D eigenvalue weighted by Gasteiger charge is 2.66.